The van der Waals surface area contributed by atoms with E-state index in [-0.39, 0.29) is 18.2 Å². The summed E-state index contributed by atoms with van der Waals surface area (Å²) in [5, 5.41) is 15.4. The number of aromatic carboxylic acids is 1. The van der Waals surface area contributed by atoms with Gasteiger partial charge in [-0.15, -0.1) is 0 Å². The summed E-state index contributed by atoms with van der Waals surface area (Å²) in [6.07, 6.45) is 6.18. The number of carboxylic acid groups (broad SMARTS) is 1. The maximum absolute atomic E-state index is 12.1. The fourth-order valence-corrected chi connectivity index (χ4v) is 1.86. The van der Waals surface area contributed by atoms with Crippen LogP contribution >= 0.6 is 0 Å². The van der Waals surface area contributed by atoms with Crippen LogP contribution in [0.25, 0.3) is 5.52 Å². The molecule has 0 aromatic carbocycles. The van der Waals surface area contributed by atoms with E-state index >= 15 is 0 Å². The van der Waals surface area contributed by atoms with Gasteiger partial charge in [-0.1, -0.05) is 0 Å². The molecule has 8 nitrogen and oxygen atoms in total. The summed E-state index contributed by atoms with van der Waals surface area (Å²) in [7, 11) is 0. The van der Waals surface area contributed by atoms with Gasteiger partial charge in [0.2, 0.25) is 5.76 Å². The lowest BCUT2D eigenvalue weighted by Crippen LogP contribution is -2.22. The fraction of sp³-hybridized carbons (Fsp3) is 0.0769. The number of carbonyl (C=O) groups is 2. The van der Waals surface area contributed by atoms with Crippen LogP contribution < -0.4 is 5.32 Å². The Kier molecular flexibility index (Phi) is 3.11. The number of carbonyl (C=O) groups excluding carboxylic acids is 1. The maximum atomic E-state index is 12.1. The molecule has 3 heterocycles. The highest BCUT2D eigenvalue weighted by Gasteiger charge is 2.14. The average molecular weight is 286 g/mol. The molecule has 0 aliphatic carbocycles. The van der Waals surface area contributed by atoms with Gasteiger partial charge in [0.05, 0.1) is 30.0 Å². The van der Waals surface area contributed by atoms with Crippen molar-refractivity contribution in [1.82, 2.24) is 19.9 Å². The maximum Gasteiger partial charge on any atom is 0.371 e. The molecule has 0 aliphatic heterocycles. The summed E-state index contributed by atoms with van der Waals surface area (Å²) in [6, 6.07) is 2.84. The number of nitrogens with zero attached hydrogens (tertiary/aromatic N) is 3. The second-order valence-electron chi connectivity index (χ2n) is 4.22. The van der Waals surface area contributed by atoms with Gasteiger partial charge in [-0.05, 0) is 12.1 Å². The molecule has 2 N–H and O–H groups in total. The minimum absolute atomic E-state index is 0.0870. The lowest BCUT2D eigenvalue weighted by molar-refractivity contribution is 0.0660. The first-order chi connectivity index (χ1) is 10.1. The number of aromatic nitrogens is 3. The third kappa shape index (κ3) is 2.46. The number of fused-ring (bicyclic) bond motifs is 1. The van der Waals surface area contributed by atoms with Gasteiger partial charge in [0, 0.05) is 12.4 Å². The van der Waals surface area contributed by atoms with Crippen LogP contribution in [0.15, 0.2) is 41.3 Å². The molecule has 0 bridgehead atoms. The van der Waals surface area contributed by atoms with Crippen molar-refractivity contribution in [2.45, 2.75) is 6.54 Å². The summed E-state index contributed by atoms with van der Waals surface area (Å²) in [5.74, 6) is -1.30. The molecule has 3 aromatic rings. The zero-order valence-corrected chi connectivity index (χ0v) is 10.7. The largest absolute Gasteiger partial charge is 0.475 e. The van der Waals surface area contributed by atoms with Crippen LogP contribution in [0.4, 0.5) is 0 Å². The number of rotatable bonds is 4. The molecule has 8 heteroatoms. The fourth-order valence-electron chi connectivity index (χ4n) is 1.86. The summed E-state index contributed by atoms with van der Waals surface area (Å²) in [4.78, 5) is 26.7. The van der Waals surface area contributed by atoms with Crippen molar-refractivity contribution < 1.29 is 19.1 Å². The van der Waals surface area contributed by atoms with Crippen molar-refractivity contribution in [3.05, 3.63) is 54.0 Å². The van der Waals surface area contributed by atoms with E-state index in [1.807, 2.05) is 0 Å². The predicted molar refractivity (Wildman–Crippen MR) is 69.8 cm³/mol. The monoisotopic (exact) mass is 286 g/mol. The minimum Gasteiger partial charge on any atom is -0.475 e. The summed E-state index contributed by atoms with van der Waals surface area (Å²) >= 11 is 0. The lowest BCUT2D eigenvalue weighted by atomic mass is 10.2. The second kappa shape index (κ2) is 5.08. The van der Waals surface area contributed by atoms with Gasteiger partial charge in [0.25, 0.3) is 5.91 Å². The van der Waals surface area contributed by atoms with E-state index in [0.29, 0.717) is 16.8 Å². The van der Waals surface area contributed by atoms with Crippen LogP contribution in [0, 0.1) is 0 Å². The number of hydrogen-bond acceptors (Lipinski definition) is 5. The topological polar surface area (TPSA) is 110 Å². The summed E-state index contributed by atoms with van der Waals surface area (Å²) in [6.45, 7) is 0.0870. The Bertz CT molecular complexity index is 820. The number of furan rings is 1. The standard InChI is InChI=1S/C13H10N4O4/c18-12(9-6-16-17-4-3-14-7-10(9)17)15-5-8-1-2-11(21-8)13(19)20/h1-4,6-7H,5H2,(H,15,18)(H,19,20). The molecule has 0 aliphatic rings. The molecule has 0 unspecified atom stereocenters. The molecule has 0 fully saturated rings. The third-order valence-electron chi connectivity index (χ3n) is 2.87. The Labute approximate surface area is 118 Å². The van der Waals surface area contributed by atoms with E-state index in [1.54, 1.807) is 12.4 Å². The van der Waals surface area contributed by atoms with Gasteiger partial charge in [-0.25, -0.2) is 9.31 Å². The Balaban J connectivity index is 1.72. The van der Waals surface area contributed by atoms with Gasteiger partial charge < -0.3 is 14.8 Å². The van der Waals surface area contributed by atoms with Crippen LogP contribution in [-0.4, -0.2) is 31.6 Å². The molecule has 3 rings (SSSR count). The molecular weight excluding hydrogens is 276 g/mol. The highest BCUT2D eigenvalue weighted by molar-refractivity contribution is 6.00. The average Bonchev–Trinajstić information content (AvgIpc) is 3.11. The minimum atomic E-state index is -1.15. The number of amides is 1. The smallest absolute Gasteiger partial charge is 0.371 e. The first kappa shape index (κ1) is 12.9. The van der Waals surface area contributed by atoms with Crippen molar-refractivity contribution in [1.29, 1.82) is 0 Å². The van der Waals surface area contributed by atoms with E-state index in [9.17, 15) is 9.59 Å². The highest BCUT2D eigenvalue weighted by atomic mass is 16.4. The molecule has 0 atom stereocenters. The Morgan fingerprint density at radius 3 is 2.95 bits per heavy atom. The van der Waals surface area contributed by atoms with Crippen LogP contribution in [-0.2, 0) is 6.54 Å². The Morgan fingerprint density at radius 2 is 2.19 bits per heavy atom. The van der Waals surface area contributed by atoms with Crippen LogP contribution in [0.1, 0.15) is 26.7 Å². The molecule has 3 aromatic heterocycles. The predicted octanol–water partition coefficient (Wildman–Crippen LogP) is 0.950. The molecule has 1 amide bonds. The lowest BCUT2D eigenvalue weighted by Gasteiger charge is -2.01. The van der Waals surface area contributed by atoms with Crippen molar-refractivity contribution in [2.24, 2.45) is 0 Å². The zero-order valence-electron chi connectivity index (χ0n) is 10.7. The van der Waals surface area contributed by atoms with Crippen molar-refractivity contribution >= 4 is 17.4 Å². The highest BCUT2D eigenvalue weighted by Crippen LogP contribution is 2.10. The van der Waals surface area contributed by atoms with Crippen molar-refractivity contribution in [2.75, 3.05) is 0 Å². The summed E-state index contributed by atoms with van der Waals surface area (Å²) < 4.78 is 6.59. The Morgan fingerprint density at radius 1 is 1.33 bits per heavy atom. The van der Waals surface area contributed by atoms with E-state index < -0.39 is 5.97 Å². The van der Waals surface area contributed by atoms with Crippen molar-refractivity contribution in [3.63, 3.8) is 0 Å². The SMILES string of the molecule is O=C(O)c1ccc(CNC(=O)c2cnn3ccncc23)o1. The quantitative estimate of drug-likeness (QED) is 0.739. The first-order valence-electron chi connectivity index (χ1n) is 6.02. The van der Waals surface area contributed by atoms with E-state index in [2.05, 4.69) is 15.4 Å². The van der Waals surface area contributed by atoms with Gasteiger partial charge in [-0.2, -0.15) is 5.10 Å². The molecule has 21 heavy (non-hydrogen) atoms. The Hall–Kier alpha value is -3.16. The van der Waals surface area contributed by atoms with Gasteiger partial charge in [0.15, 0.2) is 0 Å². The van der Waals surface area contributed by atoms with E-state index in [1.165, 1.54) is 29.0 Å². The number of hydrogen-bond donors (Lipinski definition) is 2. The number of carboxylic acids is 1. The van der Waals surface area contributed by atoms with Gasteiger partial charge in [0.1, 0.15) is 5.76 Å². The molecule has 0 saturated heterocycles. The first-order valence-corrected chi connectivity index (χ1v) is 6.02. The normalized spacial score (nSPS) is 10.7. The second-order valence-corrected chi connectivity index (χ2v) is 4.22. The van der Waals surface area contributed by atoms with E-state index in [0.717, 1.165) is 0 Å². The van der Waals surface area contributed by atoms with Gasteiger partial charge in [-0.3, -0.25) is 9.78 Å². The van der Waals surface area contributed by atoms with Gasteiger partial charge >= 0.3 is 5.97 Å². The molecular formula is C13H10N4O4. The number of nitrogens with one attached hydrogen (secondary N) is 1. The molecule has 0 radical (unpaired) electrons. The van der Waals surface area contributed by atoms with Crippen molar-refractivity contribution in [3.8, 4) is 0 Å². The van der Waals surface area contributed by atoms with Crippen LogP contribution in [0.5, 0.6) is 0 Å². The molecule has 0 spiro atoms. The zero-order chi connectivity index (χ0) is 14.8. The van der Waals surface area contributed by atoms with Crippen LogP contribution in [0.3, 0.4) is 0 Å². The molecule has 0 saturated carbocycles. The summed E-state index contributed by atoms with van der Waals surface area (Å²) in [5.41, 5.74) is 0.966. The van der Waals surface area contributed by atoms with Crippen LogP contribution in [0.2, 0.25) is 0 Å². The molecule has 106 valence electrons. The van der Waals surface area contributed by atoms with E-state index in [4.69, 9.17) is 9.52 Å². The third-order valence-corrected chi connectivity index (χ3v) is 2.87.